The van der Waals surface area contributed by atoms with Crippen LogP contribution in [0.25, 0.3) is 0 Å². The number of hydrogen-bond donors (Lipinski definition) is 2. The Labute approximate surface area is 69.5 Å². The minimum absolute atomic E-state index is 0.154. The lowest BCUT2D eigenvalue weighted by atomic mass is 9.88. The largest absolute Gasteiger partial charge is 0.329 e. The first-order valence-electron chi connectivity index (χ1n) is 4.56. The van der Waals surface area contributed by atoms with Crippen LogP contribution >= 0.6 is 0 Å². The van der Waals surface area contributed by atoms with E-state index < -0.39 is 0 Å². The molecule has 1 unspecified atom stereocenters. The summed E-state index contributed by atoms with van der Waals surface area (Å²) in [6.07, 6.45) is 2.67. The zero-order chi connectivity index (χ0) is 8.48. The first-order chi connectivity index (χ1) is 5.08. The van der Waals surface area contributed by atoms with Crippen LogP contribution < -0.4 is 11.1 Å². The van der Waals surface area contributed by atoms with E-state index in [1.165, 1.54) is 12.8 Å². The number of nitrogens with one attached hydrogen (secondary N) is 1. The molecule has 66 valence electrons. The van der Waals surface area contributed by atoms with E-state index in [1.54, 1.807) is 0 Å². The van der Waals surface area contributed by atoms with Gasteiger partial charge in [-0.1, -0.05) is 13.8 Å². The maximum absolute atomic E-state index is 5.72. The molecule has 0 saturated heterocycles. The van der Waals surface area contributed by atoms with Crippen LogP contribution in [0, 0.1) is 5.92 Å². The van der Waals surface area contributed by atoms with Crippen molar-refractivity contribution in [1.82, 2.24) is 5.32 Å². The molecule has 2 heteroatoms. The Balaban J connectivity index is 2.42. The van der Waals surface area contributed by atoms with Crippen LogP contribution in [0.4, 0.5) is 0 Å². The standard InChI is InChI=1S/C9H20N2/c1-7(2)9(3,6-10)11-8-4-5-8/h7-8,11H,4-6,10H2,1-3H3. The fourth-order valence-electron chi connectivity index (χ4n) is 1.16. The molecule has 1 saturated carbocycles. The Kier molecular flexibility index (Phi) is 2.55. The van der Waals surface area contributed by atoms with E-state index in [-0.39, 0.29) is 5.54 Å². The SMILES string of the molecule is CC(C)C(C)(CN)NC1CC1. The average Bonchev–Trinajstić information content (AvgIpc) is 2.71. The lowest BCUT2D eigenvalue weighted by molar-refractivity contribution is 0.266. The molecule has 0 spiro atoms. The lowest BCUT2D eigenvalue weighted by Crippen LogP contribution is -2.53. The molecular weight excluding hydrogens is 136 g/mol. The van der Waals surface area contributed by atoms with Gasteiger partial charge in [-0.3, -0.25) is 0 Å². The van der Waals surface area contributed by atoms with Crippen molar-refractivity contribution < 1.29 is 0 Å². The van der Waals surface area contributed by atoms with Gasteiger partial charge in [-0.2, -0.15) is 0 Å². The predicted molar refractivity (Wildman–Crippen MR) is 48.5 cm³/mol. The van der Waals surface area contributed by atoms with E-state index in [9.17, 15) is 0 Å². The summed E-state index contributed by atoms with van der Waals surface area (Å²) in [5.74, 6) is 0.619. The van der Waals surface area contributed by atoms with Crippen LogP contribution in [0.15, 0.2) is 0 Å². The topological polar surface area (TPSA) is 38.0 Å². The van der Waals surface area contributed by atoms with Crippen molar-refractivity contribution in [2.75, 3.05) is 6.54 Å². The molecule has 0 amide bonds. The first kappa shape index (κ1) is 9.01. The van der Waals surface area contributed by atoms with E-state index in [2.05, 4.69) is 26.1 Å². The Morgan fingerprint density at radius 1 is 1.55 bits per heavy atom. The molecular formula is C9H20N2. The minimum Gasteiger partial charge on any atom is -0.329 e. The van der Waals surface area contributed by atoms with Gasteiger partial charge in [0.25, 0.3) is 0 Å². The third-order valence-electron chi connectivity index (χ3n) is 2.81. The first-order valence-corrected chi connectivity index (χ1v) is 4.56. The molecule has 1 aliphatic rings. The molecule has 0 aromatic rings. The summed E-state index contributed by atoms with van der Waals surface area (Å²) in [6, 6.07) is 0.756. The highest BCUT2D eigenvalue weighted by Crippen LogP contribution is 2.25. The van der Waals surface area contributed by atoms with Gasteiger partial charge in [0.15, 0.2) is 0 Å². The fourth-order valence-corrected chi connectivity index (χ4v) is 1.16. The van der Waals surface area contributed by atoms with Gasteiger partial charge in [-0.05, 0) is 25.7 Å². The second-order valence-corrected chi connectivity index (χ2v) is 4.19. The minimum atomic E-state index is 0.154. The van der Waals surface area contributed by atoms with E-state index in [0.717, 1.165) is 12.6 Å². The van der Waals surface area contributed by atoms with Gasteiger partial charge in [0.2, 0.25) is 0 Å². The third-order valence-corrected chi connectivity index (χ3v) is 2.81. The second kappa shape index (κ2) is 3.11. The van der Waals surface area contributed by atoms with Gasteiger partial charge in [0.1, 0.15) is 0 Å². The van der Waals surface area contributed by atoms with Crippen molar-refractivity contribution in [1.29, 1.82) is 0 Å². The summed E-state index contributed by atoms with van der Waals surface area (Å²) >= 11 is 0. The predicted octanol–water partition coefficient (Wildman–Crippen LogP) is 1.11. The van der Waals surface area contributed by atoms with Crippen LogP contribution in [0.2, 0.25) is 0 Å². The Morgan fingerprint density at radius 2 is 2.09 bits per heavy atom. The van der Waals surface area contributed by atoms with Crippen LogP contribution in [0.1, 0.15) is 33.6 Å². The molecule has 0 heterocycles. The molecule has 0 aliphatic heterocycles. The molecule has 0 aromatic carbocycles. The van der Waals surface area contributed by atoms with Crippen molar-refractivity contribution >= 4 is 0 Å². The summed E-state index contributed by atoms with van der Waals surface area (Å²) in [5.41, 5.74) is 5.88. The number of hydrogen-bond acceptors (Lipinski definition) is 2. The Morgan fingerprint density at radius 3 is 2.36 bits per heavy atom. The molecule has 1 atom stereocenters. The van der Waals surface area contributed by atoms with Gasteiger partial charge in [0, 0.05) is 18.1 Å². The van der Waals surface area contributed by atoms with Crippen molar-refractivity contribution in [3.63, 3.8) is 0 Å². The molecule has 1 fully saturated rings. The quantitative estimate of drug-likeness (QED) is 0.640. The zero-order valence-electron chi connectivity index (χ0n) is 7.85. The molecule has 0 bridgehead atoms. The normalized spacial score (nSPS) is 23.7. The lowest BCUT2D eigenvalue weighted by Gasteiger charge is -2.33. The molecule has 0 radical (unpaired) electrons. The summed E-state index contributed by atoms with van der Waals surface area (Å²) in [4.78, 5) is 0. The smallest absolute Gasteiger partial charge is 0.0301 e. The fraction of sp³-hybridized carbons (Fsp3) is 1.00. The van der Waals surface area contributed by atoms with Gasteiger partial charge >= 0.3 is 0 Å². The molecule has 3 N–H and O–H groups in total. The van der Waals surface area contributed by atoms with Gasteiger partial charge in [-0.25, -0.2) is 0 Å². The van der Waals surface area contributed by atoms with Gasteiger partial charge in [-0.15, -0.1) is 0 Å². The van der Waals surface area contributed by atoms with Gasteiger partial charge < -0.3 is 11.1 Å². The van der Waals surface area contributed by atoms with Crippen molar-refractivity contribution in [2.24, 2.45) is 11.7 Å². The maximum atomic E-state index is 5.72. The van der Waals surface area contributed by atoms with E-state index in [1.807, 2.05) is 0 Å². The highest BCUT2D eigenvalue weighted by molar-refractivity contribution is 4.94. The third kappa shape index (κ3) is 2.17. The highest BCUT2D eigenvalue weighted by atomic mass is 15.1. The van der Waals surface area contributed by atoms with Crippen molar-refractivity contribution in [2.45, 2.75) is 45.2 Å². The van der Waals surface area contributed by atoms with E-state index in [0.29, 0.717) is 5.92 Å². The zero-order valence-corrected chi connectivity index (χ0v) is 7.85. The second-order valence-electron chi connectivity index (χ2n) is 4.19. The van der Waals surface area contributed by atoms with Gasteiger partial charge in [0.05, 0.1) is 0 Å². The Bertz CT molecular complexity index is 130. The highest BCUT2D eigenvalue weighted by Gasteiger charge is 2.33. The summed E-state index contributed by atoms with van der Waals surface area (Å²) in [7, 11) is 0. The van der Waals surface area contributed by atoms with Crippen LogP contribution in [-0.4, -0.2) is 18.1 Å². The molecule has 11 heavy (non-hydrogen) atoms. The van der Waals surface area contributed by atoms with Crippen LogP contribution in [0.5, 0.6) is 0 Å². The van der Waals surface area contributed by atoms with E-state index >= 15 is 0 Å². The summed E-state index contributed by atoms with van der Waals surface area (Å²) < 4.78 is 0. The summed E-state index contributed by atoms with van der Waals surface area (Å²) in [5, 5.41) is 3.59. The van der Waals surface area contributed by atoms with Crippen LogP contribution in [0.3, 0.4) is 0 Å². The molecule has 0 aromatic heterocycles. The molecule has 1 rings (SSSR count). The number of nitrogens with two attached hydrogens (primary N) is 1. The average molecular weight is 156 g/mol. The molecule has 1 aliphatic carbocycles. The van der Waals surface area contributed by atoms with E-state index in [4.69, 9.17) is 5.73 Å². The molecule has 2 nitrogen and oxygen atoms in total. The monoisotopic (exact) mass is 156 g/mol. The van der Waals surface area contributed by atoms with Crippen molar-refractivity contribution in [3.8, 4) is 0 Å². The maximum Gasteiger partial charge on any atom is 0.0301 e. The van der Waals surface area contributed by atoms with Crippen molar-refractivity contribution in [3.05, 3.63) is 0 Å². The number of rotatable bonds is 4. The van der Waals surface area contributed by atoms with Crippen LogP contribution in [-0.2, 0) is 0 Å². The Hall–Kier alpha value is -0.0800. The summed E-state index contributed by atoms with van der Waals surface area (Å²) in [6.45, 7) is 7.40.